The van der Waals surface area contributed by atoms with Crippen LogP contribution < -0.4 is 15.2 Å². The van der Waals surface area contributed by atoms with E-state index in [0.29, 0.717) is 22.9 Å². The molecule has 0 radical (unpaired) electrons. The number of ether oxygens (including phenoxy) is 2. The number of rotatable bonds is 5. The summed E-state index contributed by atoms with van der Waals surface area (Å²) < 4.78 is 23.7. The molecular formula is C15H16BrNO3S. The van der Waals surface area contributed by atoms with Crippen molar-refractivity contribution >= 4 is 32.4 Å². The summed E-state index contributed by atoms with van der Waals surface area (Å²) in [5, 5.41) is 0. The molecule has 0 saturated carbocycles. The standard InChI is InChI=1S/C15H16BrNO3S/c1-19-13-5-3-10(7-14(13)20-2)9-21(18)15-6-4-11(17)8-12(15)16/h3-8H,9,17H2,1-2H3. The Labute approximate surface area is 134 Å². The quantitative estimate of drug-likeness (QED) is 0.820. The minimum absolute atomic E-state index is 0.392. The molecule has 0 heterocycles. The highest BCUT2D eigenvalue weighted by Gasteiger charge is 2.11. The highest BCUT2D eigenvalue weighted by molar-refractivity contribution is 9.10. The van der Waals surface area contributed by atoms with Crippen molar-refractivity contribution in [1.82, 2.24) is 0 Å². The fraction of sp³-hybridized carbons (Fsp3) is 0.200. The maximum absolute atomic E-state index is 12.5. The molecular weight excluding hydrogens is 354 g/mol. The third kappa shape index (κ3) is 3.77. The molecule has 2 rings (SSSR count). The Morgan fingerprint density at radius 3 is 2.43 bits per heavy atom. The monoisotopic (exact) mass is 369 g/mol. The second-order valence-electron chi connectivity index (χ2n) is 4.37. The van der Waals surface area contributed by atoms with Crippen molar-refractivity contribution in [3.05, 3.63) is 46.4 Å². The molecule has 2 aromatic carbocycles. The molecule has 6 heteroatoms. The normalized spacial score (nSPS) is 12.0. The number of benzene rings is 2. The van der Waals surface area contributed by atoms with Crippen LogP contribution in [0.4, 0.5) is 5.69 Å². The van der Waals surface area contributed by atoms with Crippen molar-refractivity contribution in [2.45, 2.75) is 10.6 Å². The second-order valence-corrected chi connectivity index (χ2v) is 6.64. The molecule has 0 saturated heterocycles. The maximum Gasteiger partial charge on any atom is 0.161 e. The van der Waals surface area contributed by atoms with Gasteiger partial charge in [0.25, 0.3) is 0 Å². The predicted octanol–water partition coefficient (Wildman–Crippen LogP) is 3.36. The molecule has 21 heavy (non-hydrogen) atoms. The van der Waals surface area contributed by atoms with Gasteiger partial charge in [0, 0.05) is 10.2 Å². The summed E-state index contributed by atoms with van der Waals surface area (Å²) in [7, 11) is 1.99. The van der Waals surface area contributed by atoms with Gasteiger partial charge in [-0.25, -0.2) is 0 Å². The van der Waals surface area contributed by atoms with Crippen LogP contribution in [-0.2, 0) is 16.6 Å². The number of hydrogen-bond donors (Lipinski definition) is 1. The molecule has 0 bridgehead atoms. The predicted molar refractivity (Wildman–Crippen MR) is 88.2 cm³/mol. The lowest BCUT2D eigenvalue weighted by Crippen LogP contribution is -1.99. The van der Waals surface area contributed by atoms with Crippen LogP contribution in [0.15, 0.2) is 45.8 Å². The molecule has 0 aromatic heterocycles. The van der Waals surface area contributed by atoms with Gasteiger partial charge in [-0.2, -0.15) is 0 Å². The molecule has 2 aromatic rings. The van der Waals surface area contributed by atoms with E-state index in [1.807, 2.05) is 18.2 Å². The Bertz CT molecular complexity index is 676. The Morgan fingerprint density at radius 2 is 1.81 bits per heavy atom. The van der Waals surface area contributed by atoms with Gasteiger partial charge in [0.15, 0.2) is 11.5 Å². The number of nitrogens with two attached hydrogens (primary N) is 1. The molecule has 0 aliphatic carbocycles. The number of hydrogen-bond acceptors (Lipinski definition) is 4. The fourth-order valence-electron chi connectivity index (χ4n) is 1.90. The molecule has 0 spiro atoms. The van der Waals surface area contributed by atoms with Crippen molar-refractivity contribution in [3.8, 4) is 11.5 Å². The Hall–Kier alpha value is -1.53. The maximum atomic E-state index is 12.5. The summed E-state index contributed by atoms with van der Waals surface area (Å²) in [5.74, 6) is 1.67. The smallest absolute Gasteiger partial charge is 0.161 e. The Kier molecular flexibility index (Phi) is 5.25. The lowest BCUT2D eigenvalue weighted by molar-refractivity contribution is 0.354. The van der Waals surface area contributed by atoms with Crippen LogP contribution >= 0.6 is 15.9 Å². The van der Waals surface area contributed by atoms with Crippen LogP contribution in [0.25, 0.3) is 0 Å². The minimum Gasteiger partial charge on any atom is -0.493 e. The van der Waals surface area contributed by atoms with Gasteiger partial charge >= 0.3 is 0 Å². The van der Waals surface area contributed by atoms with Crippen molar-refractivity contribution in [3.63, 3.8) is 0 Å². The van der Waals surface area contributed by atoms with Gasteiger partial charge in [0.2, 0.25) is 0 Å². The van der Waals surface area contributed by atoms with E-state index in [2.05, 4.69) is 15.9 Å². The van der Waals surface area contributed by atoms with E-state index >= 15 is 0 Å². The van der Waals surface area contributed by atoms with Crippen LogP contribution in [0.3, 0.4) is 0 Å². The summed E-state index contributed by atoms with van der Waals surface area (Å²) in [6, 6.07) is 10.8. The van der Waals surface area contributed by atoms with E-state index in [1.54, 1.807) is 32.4 Å². The zero-order valence-electron chi connectivity index (χ0n) is 11.8. The minimum atomic E-state index is -1.17. The molecule has 4 nitrogen and oxygen atoms in total. The van der Waals surface area contributed by atoms with Crippen molar-refractivity contribution in [2.24, 2.45) is 0 Å². The third-order valence-electron chi connectivity index (χ3n) is 2.95. The van der Waals surface area contributed by atoms with Gasteiger partial charge in [-0.3, -0.25) is 4.21 Å². The van der Waals surface area contributed by atoms with Crippen molar-refractivity contribution < 1.29 is 13.7 Å². The van der Waals surface area contributed by atoms with Gasteiger partial charge < -0.3 is 15.2 Å². The van der Waals surface area contributed by atoms with Crippen LogP contribution in [-0.4, -0.2) is 18.4 Å². The Balaban J connectivity index is 2.23. The summed E-state index contributed by atoms with van der Waals surface area (Å²) in [5.41, 5.74) is 7.24. The van der Waals surface area contributed by atoms with Crippen LogP contribution in [0.5, 0.6) is 11.5 Å². The zero-order chi connectivity index (χ0) is 15.4. The highest BCUT2D eigenvalue weighted by atomic mass is 79.9. The third-order valence-corrected chi connectivity index (χ3v) is 5.31. The Morgan fingerprint density at radius 1 is 1.10 bits per heavy atom. The molecule has 0 amide bonds. The summed E-state index contributed by atoms with van der Waals surface area (Å²) in [6.07, 6.45) is 0. The first-order chi connectivity index (χ1) is 10.0. The van der Waals surface area contributed by atoms with Gasteiger partial charge in [-0.15, -0.1) is 0 Å². The average Bonchev–Trinajstić information content (AvgIpc) is 2.46. The molecule has 0 fully saturated rings. The van der Waals surface area contributed by atoms with E-state index in [4.69, 9.17) is 15.2 Å². The zero-order valence-corrected chi connectivity index (χ0v) is 14.2. The van der Waals surface area contributed by atoms with Crippen LogP contribution in [0.2, 0.25) is 0 Å². The number of methoxy groups -OCH3 is 2. The van der Waals surface area contributed by atoms with E-state index in [1.165, 1.54) is 0 Å². The van der Waals surface area contributed by atoms with Crippen LogP contribution in [0.1, 0.15) is 5.56 Å². The van der Waals surface area contributed by atoms with E-state index in [0.717, 1.165) is 14.9 Å². The topological polar surface area (TPSA) is 61.5 Å². The van der Waals surface area contributed by atoms with E-state index in [-0.39, 0.29) is 0 Å². The molecule has 0 aliphatic rings. The summed E-state index contributed by atoms with van der Waals surface area (Å²) in [4.78, 5) is 0.721. The van der Waals surface area contributed by atoms with Gasteiger partial charge in [-0.05, 0) is 51.8 Å². The van der Waals surface area contributed by atoms with E-state index in [9.17, 15) is 4.21 Å². The van der Waals surface area contributed by atoms with Crippen molar-refractivity contribution in [1.29, 1.82) is 0 Å². The van der Waals surface area contributed by atoms with Gasteiger partial charge in [0.05, 0.1) is 35.7 Å². The highest BCUT2D eigenvalue weighted by Crippen LogP contribution is 2.30. The van der Waals surface area contributed by atoms with Crippen LogP contribution in [0, 0.1) is 0 Å². The molecule has 112 valence electrons. The largest absolute Gasteiger partial charge is 0.493 e. The molecule has 1 atom stereocenters. The van der Waals surface area contributed by atoms with Crippen molar-refractivity contribution in [2.75, 3.05) is 20.0 Å². The molecule has 0 aliphatic heterocycles. The number of halogens is 1. The molecule has 1 unspecified atom stereocenters. The molecule has 2 N–H and O–H groups in total. The summed E-state index contributed by atoms with van der Waals surface area (Å²) in [6.45, 7) is 0. The average molecular weight is 370 g/mol. The van der Waals surface area contributed by atoms with Gasteiger partial charge in [-0.1, -0.05) is 6.07 Å². The first kappa shape index (κ1) is 15.9. The number of anilines is 1. The number of nitrogen functional groups attached to an aromatic ring is 1. The first-order valence-corrected chi connectivity index (χ1v) is 8.30. The van der Waals surface area contributed by atoms with Gasteiger partial charge in [0.1, 0.15) is 0 Å². The lowest BCUT2D eigenvalue weighted by atomic mass is 10.2. The second kappa shape index (κ2) is 6.95. The summed E-state index contributed by atoms with van der Waals surface area (Å²) >= 11 is 3.39. The SMILES string of the molecule is COc1ccc(CS(=O)c2ccc(N)cc2Br)cc1OC. The lowest BCUT2D eigenvalue weighted by Gasteiger charge is -2.10. The first-order valence-electron chi connectivity index (χ1n) is 6.19. The van der Waals surface area contributed by atoms with E-state index < -0.39 is 10.8 Å². The fourth-order valence-corrected chi connectivity index (χ4v) is 3.97.